The molecule has 7 heteroatoms. The zero-order valence-electron chi connectivity index (χ0n) is 13.0. The smallest absolute Gasteiger partial charge is 0.265 e. The largest absolute Gasteiger partial charge is 0.391 e. The van der Waals surface area contributed by atoms with Crippen LogP contribution in [0.5, 0.6) is 0 Å². The van der Waals surface area contributed by atoms with Gasteiger partial charge in [0.25, 0.3) is 11.8 Å². The Morgan fingerprint density at radius 3 is 2.79 bits per heavy atom. The van der Waals surface area contributed by atoms with Gasteiger partial charge in [-0.25, -0.2) is 0 Å². The molecule has 0 radical (unpaired) electrons. The first-order valence-electron chi connectivity index (χ1n) is 7.75. The van der Waals surface area contributed by atoms with Gasteiger partial charge in [-0.1, -0.05) is 12.1 Å². The fourth-order valence-corrected chi connectivity index (χ4v) is 3.21. The standard InChI is InChI=1S/C17H19N3O3S/c21-14-10-18-8-12(14)9-19-16(22)11-3-1-4-13(7-11)20-17(23)15-5-2-6-24-15/h1-7,12,14,18,21H,8-10H2,(H,19,22)(H,20,23). The molecule has 2 unspecified atom stereocenters. The van der Waals surface area contributed by atoms with Crippen molar-refractivity contribution in [1.29, 1.82) is 0 Å². The van der Waals surface area contributed by atoms with Gasteiger partial charge in [-0.2, -0.15) is 0 Å². The van der Waals surface area contributed by atoms with Crippen LogP contribution in [0.15, 0.2) is 41.8 Å². The molecule has 4 N–H and O–H groups in total. The Hall–Kier alpha value is -2.22. The Balaban J connectivity index is 1.59. The lowest BCUT2D eigenvalue weighted by atomic mass is 10.1. The molecule has 6 nitrogen and oxygen atoms in total. The number of rotatable bonds is 5. The van der Waals surface area contributed by atoms with Crippen LogP contribution < -0.4 is 16.0 Å². The van der Waals surface area contributed by atoms with Crippen LogP contribution in [0.3, 0.4) is 0 Å². The van der Waals surface area contributed by atoms with E-state index >= 15 is 0 Å². The fraction of sp³-hybridized carbons (Fsp3) is 0.294. The lowest BCUT2D eigenvalue weighted by Crippen LogP contribution is -2.34. The molecule has 2 amide bonds. The van der Waals surface area contributed by atoms with E-state index in [1.54, 1.807) is 30.3 Å². The van der Waals surface area contributed by atoms with Gasteiger partial charge in [0.1, 0.15) is 0 Å². The van der Waals surface area contributed by atoms with Crippen molar-refractivity contribution in [2.75, 3.05) is 25.0 Å². The minimum absolute atomic E-state index is 0.0238. The third-order valence-electron chi connectivity index (χ3n) is 3.96. The number of hydrogen-bond acceptors (Lipinski definition) is 5. The maximum absolute atomic E-state index is 12.3. The van der Waals surface area contributed by atoms with Crippen molar-refractivity contribution in [2.45, 2.75) is 6.10 Å². The van der Waals surface area contributed by atoms with Gasteiger partial charge in [0.15, 0.2) is 0 Å². The summed E-state index contributed by atoms with van der Waals surface area (Å²) in [5.74, 6) is -0.389. The first-order valence-corrected chi connectivity index (χ1v) is 8.63. The molecule has 24 heavy (non-hydrogen) atoms. The number of thiophene rings is 1. The highest BCUT2D eigenvalue weighted by atomic mass is 32.1. The first kappa shape index (κ1) is 16.6. The number of hydrogen-bond donors (Lipinski definition) is 4. The van der Waals surface area contributed by atoms with Crippen molar-refractivity contribution < 1.29 is 14.7 Å². The Morgan fingerprint density at radius 2 is 2.08 bits per heavy atom. The Kier molecular flexibility index (Phi) is 5.24. The predicted molar refractivity (Wildman–Crippen MR) is 93.4 cm³/mol. The Bertz CT molecular complexity index is 718. The predicted octanol–water partition coefficient (Wildman–Crippen LogP) is 1.31. The van der Waals surface area contributed by atoms with Crippen LogP contribution in [0, 0.1) is 5.92 Å². The van der Waals surface area contributed by atoms with Crippen LogP contribution in [-0.2, 0) is 0 Å². The number of anilines is 1. The van der Waals surface area contributed by atoms with E-state index in [9.17, 15) is 14.7 Å². The average molecular weight is 345 g/mol. The van der Waals surface area contributed by atoms with Gasteiger partial charge in [0, 0.05) is 36.8 Å². The third-order valence-corrected chi connectivity index (χ3v) is 4.83. The molecule has 1 fully saturated rings. The number of carbonyl (C=O) groups is 2. The molecule has 1 saturated heterocycles. The number of amides is 2. The van der Waals surface area contributed by atoms with Crippen molar-refractivity contribution in [3.63, 3.8) is 0 Å². The minimum atomic E-state index is -0.429. The zero-order valence-corrected chi connectivity index (χ0v) is 13.8. The summed E-state index contributed by atoms with van der Waals surface area (Å²) < 4.78 is 0. The number of β-amino-alcohol motifs (C(OH)–C–C–N with tert-alkyl or cyclic N) is 1. The molecule has 0 aliphatic carbocycles. The third kappa shape index (κ3) is 4.00. The van der Waals surface area contributed by atoms with Crippen LogP contribution in [0.4, 0.5) is 5.69 Å². The summed E-state index contributed by atoms with van der Waals surface area (Å²) in [4.78, 5) is 24.9. The number of aliphatic hydroxyl groups is 1. The lowest BCUT2D eigenvalue weighted by molar-refractivity contribution is 0.0926. The normalized spacial score (nSPS) is 19.9. The second-order valence-electron chi connectivity index (χ2n) is 5.71. The summed E-state index contributed by atoms with van der Waals surface area (Å²) in [7, 11) is 0. The summed E-state index contributed by atoms with van der Waals surface area (Å²) in [5, 5.41) is 20.3. The molecule has 0 saturated carbocycles. The summed E-state index contributed by atoms with van der Waals surface area (Å²) in [5.41, 5.74) is 1.04. The number of carbonyl (C=O) groups excluding carboxylic acids is 2. The van der Waals surface area contributed by atoms with E-state index in [-0.39, 0.29) is 17.7 Å². The SMILES string of the molecule is O=C(NCC1CNCC1O)c1cccc(NC(=O)c2cccs2)c1. The van der Waals surface area contributed by atoms with Crippen molar-refractivity contribution in [3.05, 3.63) is 52.2 Å². The van der Waals surface area contributed by atoms with Crippen LogP contribution in [-0.4, -0.2) is 42.7 Å². The molecular formula is C17H19N3O3S. The maximum Gasteiger partial charge on any atom is 0.265 e. The van der Waals surface area contributed by atoms with Gasteiger partial charge in [-0.05, 0) is 29.6 Å². The van der Waals surface area contributed by atoms with Crippen molar-refractivity contribution in [3.8, 4) is 0 Å². The summed E-state index contributed by atoms with van der Waals surface area (Å²) >= 11 is 1.36. The van der Waals surface area contributed by atoms with E-state index in [0.717, 1.165) is 0 Å². The topological polar surface area (TPSA) is 90.5 Å². The van der Waals surface area contributed by atoms with Crippen molar-refractivity contribution in [2.24, 2.45) is 5.92 Å². The molecule has 2 heterocycles. The fourth-order valence-electron chi connectivity index (χ4n) is 2.59. The molecular weight excluding hydrogens is 326 g/mol. The van der Waals surface area contributed by atoms with E-state index < -0.39 is 6.10 Å². The monoisotopic (exact) mass is 345 g/mol. The van der Waals surface area contributed by atoms with Gasteiger partial charge in [0.2, 0.25) is 0 Å². The van der Waals surface area contributed by atoms with Crippen LogP contribution >= 0.6 is 11.3 Å². The second-order valence-corrected chi connectivity index (χ2v) is 6.66. The van der Waals surface area contributed by atoms with Crippen LogP contribution in [0.2, 0.25) is 0 Å². The molecule has 1 aromatic carbocycles. The van der Waals surface area contributed by atoms with Gasteiger partial charge in [-0.15, -0.1) is 11.3 Å². The van der Waals surface area contributed by atoms with Crippen molar-refractivity contribution in [1.82, 2.24) is 10.6 Å². The first-order chi connectivity index (χ1) is 11.6. The average Bonchev–Trinajstić information content (AvgIpc) is 3.24. The Morgan fingerprint density at radius 1 is 1.21 bits per heavy atom. The van der Waals surface area contributed by atoms with Gasteiger partial charge in [0.05, 0.1) is 11.0 Å². The highest BCUT2D eigenvalue weighted by molar-refractivity contribution is 7.12. The molecule has 0 spiro atoms. The molecule has 1 aromatic heterocycles. The maximum atomic E-state index is 12.3. The van der Waals surface area contributed by atoms with Gasteiger partial charge >= 0.3 is 0 Å². The van der Waals surface area contributed by atoms with Crippen molar-refractivity contribution >= 4 is 28.8 Å². The van der Waals surface area contributed by atoms with E-state index in [1.807, 2.05) is 11.4 Å². The number of benzene rings is 1. The van der Waals surface area contributed by atoms with E-state index in [0.29, 0.717) is 35.8 Å². The van der Waals surface area contributed by atoms with E-state index in [2.05, 4.69) is 16.0 Å². The van der Waals surface area contributed by atoms with Gasteiger partial charge in [-0.3, -0.25) is 9.59 Å². The summed E-state index contributed by atoms with van der Waals surface area (Å²) in [6, 6.07) is 10.4. The second kappa shape index (κ2) is 7.57. The minimum Gasteiger partial charge on any atom is -0.391 e. The Labute approximate surface area is 143 Å². The number of aliphatic hydroxyl groups excluding tert-OH is 1. The molecule has 2 atom stereocenters. The molecule has 1 aliphatic heterocycles. The molecule has 126 valence electrons. The summed E-state index contributed by atoms with van der Waals surface area (Å²) in [6.07, 6.45) is -0.429. The molecule has 2 aromatic rings. The summed E-state index contributed by atoms with van der Waals surface area (Å²) in [6.45, 7) is 1.67. The quantitative estimate of drug-likeness (QED) is 0.658. The van der Waals surface area contributed by atoms with Crippen LogP contribution in [0.1, 0.15) is 20.0 Å². The van der Waals surface area contributed by atoms with E-state index in [4.69, 9.17) is 0 Å². The molecule has 0 bridgehead atoms. The van der Waals surface area contributed by atoms with Gasteiger partial charge < -0.3 is 21.1 Å². The van der Waals surface area contributed by atoms with Crippen LogP contribution in [0.25, 0.3) is 0 Å². The van der Waals surface area contributed by atoms with E-state index in [1.165, 1.54) is 11.3 Å². The molecule has 3 rings (SSSR count). The zero-order chi connectivity index (χ0) is 16.9. The number of nitrogens with one attached hydrogen (secondary N) is 3. The lowest BCUT2D eigenvalue weighted by Gasteiger charge is -2.14. The molecule has 1 aliphatic rings. The highest BCUT2D eigenvalue weighted by Gasteiger charge is 2.25. The highest BCUT2D eigenvalue weighted by Crippen LogP contribution is 2.15.